The van der Waals surface area contributed by atoms with Crippen molar-refractivity contribution in [2.45, 2.75) is 13.8 Å². The number of hydrogen-bond acceptors (Lipinski definition) is 4. The summed E-state index contributed by atoms with van der Waals surface area (Å²) in [4.78, 5) is 9.66. The minimum Gasteiger partial charge on any atom is -0.236 e. The average Bonchev–Trinajstić information content (AvgIpc) is 3.71. The predicted molar refractivity (Wildman–Crippen MR) is 201 cm³/mol. The molecule has 220 valence electrons. The normalized spacial score (nSPS) is 11.3. The van der Waals surface area contributed by atoms with Crippen LogP contribution in [-0.4, -0.2) is 9.97 Å². The quantitative estimate of drug-likeness (QED) is 0.194. The summed E-state index contributed by atoms with van der Waals surface area (Å²) in [5.74, 6) is 0.727. The summed E-state index contributed by atoms with van der Waals surface area (Å²) in [7, 11) is 0. The van der Waals surface area contributed by atoms with E-state index in [-0.39, 0.29) is 0 Å². The standard InChI is InChI=1S/C40H24N2S2.C2H6/c1-3-19-36-32(13-1)34-17-7-15-30(38(34)43-36)26-10-5-9-25(21-26)29-23-41-40(42-24-29)28-12-6-11-27(22-28)31-16-8-18-35-33-14-2-4-20-37(33)44-39(31)35;1-2/h1-24H;1-2H3. The fraction of sp³-hybridized carbons (Fsp3) is 0.0476. The van der Waals surface area contributed by atoms with Crippen LogP contribution in [0.15, 0.2) is 146 Å². The van der Waals surface area contributed by atoms with E-state index in [4.69, 9.17) is 9.97 Å². The van der Waals surface area contributed by atoms with E-state index in [1.165, 1.54) is 62.6 Å². The van der Waals surface area contributed by atoms with E-state index in [1.807, 2.05) is 48.9 Å². The second-order valence-electron chi connectivity index (χ2n) is 11.0. The van der Waals surface area contributed by atoms with E-state index in [2.05, 4.69) is 133 Å². The Hall–Kier alpha value is -5.16. The third kappa shape index (κ3) is 4.87. The molecule has 9 aromatic rings. The molecule has 3 heterocycles. The van der Waals surface area contributed by atoms with Crippen molar-refractivity contribution in [2.24, 2.45) is 0 Å². The van der Waals surface area contributed by atoms with Crippen LogP contribution in [-0.2, 0) is 0 Å². The zero-order valence-corrected chi connectivity index (χ0v) is 27.2. The monoisotopic (exact) mass is 626 g/mol. The van der Waals surface area contributed by atoms with Crippen molar-refractivity contribution in [1.29, 1.82) is 0 Å². The van der Waals surface area contributed by atoms with Crippen LogP contribution >= 0.6 is 22.7 Å². The second kappa shape index (κ2) is 12.0. The van der Waals surface area contributed by atoms with Crippen LogP contribution in [0.4, 0.5) is 0 Å². The number of benzene rings is 6. The van der Waals surface area contributed by atoms with Gasteiger partial charge in [-0.1, -0.05) is 123 Å². The lowest BCUT2D eigenvalue weighted by molar-refractivity contribution is 1.18. The van der Waals surface area contributed by atoms with E-state index in [1.54, 1.807) is 0 Å². The van der Waals surface area contributed by atoms with Gasteiger partial charge in [-0.25, -0.2) is 9.97 Å². The lowest BCUT2D eigenvalue weighted by Crippen LogP contribution is -1.91. The highest BCUT2D eigenvalue weighted by atomic mass is 32.1. The molecule has 0 unspecified atom stereocenters. The highest BCUT2D eigenvalue weighted by molar-refractivity contribution is 7.26. The Morgan fingerprint density at radius 2 is 0.826 bits per heavy atom. The van der Waals surface area contributed by atoms with Gasteiger partial charge in [-0.3, -0.25) is 0 Å². The van der Waals surface area contributed by atoms with Crippen molar-refractivity contribution in [1.82, 2.24) is 9.97 Å². The maximum absolute atomic E-state index is 4.83. The molecule has 4 heteroatoms. The summed E-state index contributed by atoms with van der Waals surface area (Å²) in [6.07, 6.45) is 3.89. The molecule has 0 spiro atoms. The van der Waals surface area contributed by atoms with Crippen LogP contribution in [0.25, 0.3) is 85.1 Å². The molecule has 2 nitrogen and oxygen atoms in total. The lowest BCUT2D eigenvalue weighted by atomic mass is 9.99. The minimum absolute atomic E-state index is 0.727. The van der Waals surface area contributed by atoms with Crippen molar-refractivity contribution >= 4 is 63.0 Å². The van der Waals surface area contributed by atoms with Crippen molar-refractivity contribution in [2.75, 3.05) is 0 Å². The van der Waals surface area contributed by atoms with E-state index < -0.39 is 0 Å². The molecule has 3 aromatic heterocycles. The lowest BCUT2D eigenvalue weighted by Gasteiger charge is -2.09. The zero-order chi connectivity index (χ0) is 31.0. The number of nitrogens with zero attached hydrogens (tertiary/aromatic N) is 2. The van der Waals surface area contributed by atoms with Gasteiger partial charge in [-0.15, -0.1) is 22.7 Å². The third-order valence-electron chi connectivity index (χ3n) is 8.40. The molecule has 0 fully saturated rings. The molecule has 0 N–H and O–H groups in total. The summed E-state index contributed by atoms with van der Waals surface area (Å²) < 4.78 is 5.27. The van der Waals surface area contributed by atoms with Gasteiger partial charge in [0, 0.05) is 63.9 Å². The summed E-state index contributed by atoms with van der Waals surface area (Å²) in [5, 5.41) is 5.25. The molecule has 0 aliphatic rings. The Labute approximate surface area is 276 Å². The van der Waals surface area contributed by atoms with E-state index >= 15 is 0 Å². The molecule has 0 amide bonds. The first-order chi connectivity index (χ1) is 22.8. The molecule has 0 saturated carbocycles. The SMILES string of the molecule is CC.c1cc(-c2cnc(-c3cccc(-c4cccc5c4sc4ccccc45)c3)nc2)cc(-c2cccc3c2sc2ccccc23)c1. The summed E-state index contributed by atoms with van der Waals surface area (Å²) in [5.41, 5.74) is 8.00. The topological polar surface area (TPSA) is 25.8 Å². The molecule has 0 aliphatic heterocycles. The van der Waals surface area contributed by atoms with Crippen LogP contribution in [0.5, 0.6) is 0 Å². The average molecular weight is 627 g/mol. The first-order valence-corrected chi connectivity index (χ1v) is 17.3. The van der Waals surface area contributed by atoms with Crippen LogP contribution in [0, 0.1) is 0 Å². The number of aromatic nitrogens is 2. The van der Waals surface area contributed by atoms with Gasteiger partial charge in [0.25, 0.3) is 0 Å². The molecule has 6 aromatic carbocycles. The van der Waals surface area contributed by atoms with Crippen LogP contribution < -0.4 is 0 Å². The van der Waals surface area contributed by atoms with Crippen LogP contribution in [0.2, 0.25) is 0 Å². The van der Waals surface area contributed by atoms with Gasteiger partial charge in [0.2, 0.25) is 0 Å². The molecule has 0 bridgehead atoms. The maximum Gasteiger partial charge on any atom is 0.159 e. The van der Waals surface area contributed by atoms with Gasteiger partial charge in [0.05, 0.1) is 0 Å². The second-order valence-corrected chi connectivity index (χ2v) is 13.1. The minimum atomic E-state index is 0.727. The maximum atomic E-state index is 4.83. The first kappa shape index (κ1) is 28.3. The van der Waals surface area contributed by atoms with Gasteiger partial charge in [0.1, 0.15) is 0 Å². The Morgan fingerprint density at radius 1 is 0.391 bits per heavy atom. The molecular weight excluding hydrogens is 597 g/mol. The summed E-state index contributed by atoms with van der Waals surface area (Å²) in [6, 6.07) is 47.8. The Balaban J connectivity index is 0.00000153. The Bertz CT molecular complexity index is 2330. The summed E-state index contributed by atoms with van der Waals surface area (Å²) in [6.45, 7) is 4.00. The molecule has 9 rings (SSSR count). The van der Waals surface area contributed by atoms with E-state index in [0.29, 0.717) is 0 Å². The zero-order valence-electron chi connectivity index (χ0n) is 25.6. The predicted octanol–water partition coefficient (Wildman–Crippen LogP) is 12.9. The highest BCUT2D eigenvalue weighted by Crippen LogP contribution is 2.42. The van der Waals surface area contributed by atoms with Gasteiger partial charge in [0.15, 0.2) is 5.82 Å². The Morgan fingerprint density at radius 3 is 1.39 bits per heavy atom. The number of hydrogen-bond donors (Lipinski definition) is 0. The number of rotatable bonds is 4. The fourth-order valence-corrected chi connectivity index (χ4v) is 8.74. The van der Waals surface area contributed by atoms with Gasteiger partial charge < -0.3 is 0 Å². The van der Waals surface area contributed by atoms with Crippen molar-refractivity contribution in [3.05, 3.63) is 146 Å². The molecule has 0 radical (unpaired) electrons. The first-order valence-electron chi connectivity index (χ1n) is 15.6. The van der Waals surface area contributed by atoms with Crippen molar-refractivity contribution in [3.63, 3.8) is 0 Å². The molecular formula is C42H30N2S2. The van der Waals surface area contributed by atoms with Crippen molar-refractivity contribution in [3.8, 4) is 44.8 Å². The molecule has 0 saturated heterocycles. The smallest absolute Gasteiger partial charge is 0.159 e. The van der Waals surface area contributed by atoms with Crippen LogP contribution in [0.3, 0.4) is 0 Å². The number of fused-ring (bicyclic) bond motifs is 6. The van der Waals surface area contributed by atoms with Crippen LogP contribution in [0.1, 0.15) is 13.8 Å². The highest BCUT2D eigenvalue weighted by Gasteiger charge is 2.13. The largest absolute Gasteiger partial charge is 0.236 e. The van der Waals surface area contributed by atoms with E-state index in [9.17, 15) is 0 Å². The van der Waals surface area contributed by atoms with Gasteiger partial charge in [-0.2, -0.15) is 0 Å². The third-order valence-corrected chi connectivity index (χ3v) is 10.8. The Kier molecular flexibility index (Phi) is 7.37. The van der Waals surface area contributed by atoms with Gasteiger partial charge >= 0.3 is 0 Å². The molecule has 0 aliphatic carbocycles. The summed E-state index contributed by atoms with van der Waals surface area (Å²) >= 11 is 3.72. The fourth-order valence-electron chi connectivity index (χ4n) is 6.27. The van der Waals surface area contributed by atoms with E-state index in [0.717, 1.165) is 22.5 Å². The molecule has 0 atom stereocenters. The van der Waals surface area contributed by atoms with Crippen molar-refractivity contribution < 1.29 is 0 Å². The molecule has 46 heavy (non-hydrogen) atoms. The number of thiophene rings is 2. The van der Waals surface area contributed by atoms with Gasteiger partial charge in [-0.05, 0) is 52.1 Å².